The highest BCUT2D eigenvalue weighted by Gasteiger charge is 2.42. The number of rotatable bonds is 5. The minimum Gasteiger partial charge on any atom is -0.465 e. The Balaban J connectivity index is 1.45. The summed E-state index contributed by atoms with van der Waals surface area (Å²) < 4.78 is 5.53. The predicted octanol–water partition coefficient (Wildman–Crippen LogP) is 3.67. The number of hydrogen-bond donors (Lipinski definition) is 1. The largest absolute Gasteiger partial charge is 0.465 e. The molecule has 1 N–H and O–H groups in total. The molecule has 1 aromatic heterocycles. The topological polar surface area (TPSA) is 82.9 Å². The molecule has 3 aromatic rings. The summed E-state index contributed by atoms with van der Waals surface area (Å²) in [6.45, 7) is 2.92. The van der Waals surface area contributed by atoms with Crippen molar-refractivity contribution in [1.29, 1.82) is 0 Å². The molecule has 2 aliphatic heterocycles. The molecule has 3 amide bonds. The van der Waals surface area contributed by atoms with Crippen LogP contribution in [0, 0.1) is 6.92 Å². The van der Waals surface area contributed by atoms with Crippen LogP contribution in [-0.4, -0.2) is 35.2 Å². The van der Waals surface area contributed by atoms with Crippen molar-refractivity contribution in [3.05, 3.63) is 88.9 Å². The number of aryl methyl sites for hydroxylation is 1. The highest BCUT2D eigenvalue weighted by atomic mass is 16.3. The van der Waals surface area contributed by atoms with Crippen molar-refractivity contribution in [1.82, 2.24) is 10.2 Å². The molecule has 0 spiro atoms. The maximum Gasteiger partial charge on any atom is 0.256 e. The molecular formula is C26H25N3O4. The van der Waals surface area contributed by atoms with E-state index in [0.29, 0.717) is 41.1 Å². The average Bonchev–Trinajstić information content (AvgIpc) is 3.48. The fourth-order valence-electron chi connectivity index (χ4n) is 4.67. The lowest BCUT2D eigenvalue weighted by Gasteiger charge is -2.26. The van der Waals surface area contributed by atoms with Gasteiger partial charge in [0.25, 0.3) is 11.8 Å². The summed E-state index contributed by atoms with van der Waals surface area (Å²) in [7, 11) is 0. The third-order valence-corrected chi connectivity index (χ3v) is 6.30. The Labute approximate surface area is 192 Å². The fraction of sp³-hybridized carbons (Fsp3) is 0.269. The van der Waals surface area contributed by atoms with Gasteiger partial charge in [-0.3, -0.25) is 14.4 Å². The highest BCUT2D eigenvalue weighted by Crippen LogP contribution is 2.33. The van der Waals surface area contributed by atoms with E-state index in [-0.39, 0.29) is 30.8 Å². The lowest BCUT2D eigenvalue weighted by molar-refractivity contribution is -0.122. The van der Waals surface area contributed by atoms with Crippen molar-refractivity contribution >= 4 is 23.4 Å². The second-order valence-corrected chi connectivity index (χ2v) is 8.45. The van der Waals surface area contributed by atoms with E-state index < -0.39 is 6.04 Å². The van der Waals surface area contributed by atoms with Gasteiger partial charge in [-0.2, -0.15) is 0 Å². The highest BCUT2D eigenvalue weighted by molar-refractivity contribution is 6.11. The van der Waals surface area contributed by atoms with Gasteiger partial charge in [0.15, 0.2) is 0 Å². The summed E-state index contributed by atoms with van der Waals surface area (Å²) in [6, 6.07) is 17.7. The van der Waals surface area contributed by atoms with Gasteiger partial charge < -0.3 is 19.5 Å². The molecular weight excluding hydrogens is 418 g/mol. The number of hydrogen-bond acceptors (Lipinski definition) is 4. The molecule has 1 fully saturated rings. The van der Waals surface area contributed by atoms with Gasteiger partial charge in [0.2, 0.25) is 5.91 Å². The average molecular weight is 444 g/mol. The van der Waals surface area contributed by atoms with Crippen LogP contribution in [0.3, 0.4) is 0 Å². The minimum absolute atomic E-state index is 0.105. The molecule has 0 bridgehead atoms. The zero-order valence-corrected chi connectivity index (χ0v) is 18.4. The Kier molecular flexibility index (Phi) is 5.46. The zero-order chi connectivity index (χ0) is 22.9. The van der Waals surface area contributed by atoms with Gasteiger partial charge in [0.1, 0.15) is 17.6 Å². The fourth-order valence-corrected chi connectivity index (χ4v) is 4.67. The molecule has 1 saturated heterocycles. The number of carbonyl (C=O) groups is 3. The van der Waals surface area contributed by atoms with Crippen molar-refractivity contribution in [2.45, 2.75) is 38.9 Å². The summed E-state index contributed by atoms with van der Waals surface area (Å²) in [5.41, 5.74) is 2.31. The monoisotopic (exact) mass is 443 g/mol. The number of nitrogens with one attached hydrogen (secondary N) is 1. The van der Waals surface area contributed by atoms with Crippen molar-refractivity contribution in [3.63, 3.8) is 0 Å². The SMILES string of the molecule is Cc1ccc(CNC(=O)c2ccccc2CN2C(=O)[C@H]3CCCN3C(=O)c3ccccc32)o1. The first-order valence-electron chi connectivity index (χ1n) is 11.2. The Morgan fingerprint density at radius 2 is 1.85 bits per heavy atom. The van der Waals surface area contributed by atoms with Crippen LogP contribution in [0.25, 0.3) is 0 Å². The summed E-state index contributed by atoms with van der Waals surface area (Å²) in [5, 5.41) is 2.89. The van der Waals surface area contributed by atoms with Crippen LogP contribution < -0.4 is 10.2 Å². The molecule has 0 radical (unpaired) electrons. The Morgan fingerprint density at radius 3 is 2.67 bits per heavy atom. The normalized spacial score (nSPS) is 17.5. The summed E-state index contributed by atoms with van der Waals surface area (Å²) in [5.74, 6) is 1.01. The van der Waals surface area contributed by atoms with Crippen LogP contribution in [-0.2, 0) is 17.9 Å². The Hall–Kier alpha value is -3.87. The summed E-state index contributed by atoms with van der Waals surface area (Å²) >= 11 is 0. The molecule has 33 heavy (non-hydrogen) atoms. The Morgan fingerprint density at radius 1 is 1.06 bits per heavy atom. The molecule has 168 valence electrons. The van der Waals surface area contributed by atoms with Crippen LogP contribution >= 0.6 is 0 Å². The summed E-state index contributed by atoms with van der Waals surface area (Å²) in [6.07, 6.45) is 1.46. The van der Waals surface area contributed by atoms with E-state index in [9.17, 15) is 14.4 Å². The first-order chi connectivity index (χ1) is 16.0. The third-order valence-electron chi connectivity index (χ3n) is 6.30. The molecule has 5 rings (SSSR count). The van der Waals surface area contributed by atoms with Gasteiger partial charge in [-0.15, -0.1) is 0 Å². The number of amides is 3. The van der Waals surface area contributed by atoms with E-state index >= 15 is 0 Å². The standard InChI is InChI=1S/C26H25N3O4/c1-17-12-13-19(33-17)15-27-24(30)20-8-3-2-7-18(20)16-29-22-10-5-4-9-21(22)25(31)28-14-6-11-23(28)26(29)32/h2-5,7-10,12-13,23H,6,11,14-16H2,1H3,(H,27,30)/t23-/m1/s1. The van der Waals surface area contributed by atoms with Crippen molar-refractivity contribution < 1.29 is 18.8 Å². The number of para-hydroxylation sites is 1. The van der Waals surface area contributed by atoms with Gasteiger partial charge in [0.05, 0.1) is 24.3 Å². The molecule has 2 aromatic carbocycles. The van der Waals surface area contributed by atoms with Crippen molar-refractivity contribution in [2.24, 2.45) is 0 Å². The van der Waals surface area contributed by atoms with Crippen LogP contribution in [0.4, 0.5) is 5.69 Å². The second-order valence-electron chi connectivity index (χ2n) is 8.45. The van der Waals surface area contributed by atoms with E-state index in [1.807, 2.05) is 43.3 Å². The van der Waals surface area contributed by atoms with Crippen LogP contribution in [0.5, 0.6) is 0 Å². The van der Waals surface area contributed by atoms with Crippen molar-refractivity contribution in [3.8, 4) is 0 Å². The third kappa shape index (κ3) is 3.91. The molecule has 7 heteroatoms. The quantitative estimate of drug-likeness (QED) is 0.652. The maximum absolute atomic E-state index is 13.6. The number of fused-ring (bicyclic) bond motifs is 2. The lowest BCUT2D eigenvalue weighted by atomic mass is 10.0. The zero-order valence-electron chi connectivity index (χ0n) is 18.4. The molecule has 0 aliphatic carbocycles. The van der Waals surface area contributed by atoms with E-state index in [1.165, 1.54) is 0 Å². The van der Waals surface area contributed by atoms with Gasteiger partial charge in [-0.1, -0.05) is 30.3 Å². The molecule has 3 heterocycles. The number of furan rings is 1. The van der Waals surface area contributed by atoms with Gasteiger partial charge >= 0.3 is 0 Å². The maximum atomic E-state index is 13.6. The number of anilines is 1. The molecule has 7 nitrogen and oxygen atoms in total. The molecule has 2 aliphatic rings. The predicted molar refractivity (Wildman–Crippen MR) is 123 cm³/mol. The first-order valence-corrected chi connectivity index (χ1v) is 11.2. The van der Waals surface area contributed by atoms with E-state index in [2.05, 4.69) is 5.32 Å². The van der Waals surface area contributed by atoms with Crippen LogP contribution in [0.15, 0.2) is 65.1 Å². The molecule has 0 unspecified atom stereocenters. The van der Waals surface area contributed by atoms with E-state index in [4.69, 9.17) is 4.42 Å². The number of carbonyl (C=O) groups excluding carboxylic acids is 3. The van der Waals surface area contributed by atoms with Crippen molar-refractivity contribution in [2.75, 3.05) is 11.4 Å². The molecule has 0 saturated carbocycles. The van der Waals surface area contributed by atoms with Gasteiger partial charge in [-0.25, -0.2) is 0 Å². The minimum atomic E-state index is -0.465. The number of nitrogens with zero attached hydrogens (tertiary/aromatic N) is 2. The van der Waals surface area contributed by atoms with Gasteiger partial charge in [-0.05, 0) is 55.7 Å². The number of benzene rings is 2. The summed E-state index contributed by atoms with van der Waals surface area (Å²) in [4.78, 5) is 43.0. The van der Waals surface area contributed by atoms with Crippen LogP contribution in [0.1, 0.15) is 50.6 Å². The van der Waals surface area contributed by atoms with Gasteiger partial charge in [0, 0.05) is 12.1 Å². The first kappa shape index (κ1) is 21.0. The van der Waals surface area contributed by atoms with E-state index in [1.54, 1.807) is 34.1 Å². The molecule has 1 atom stereocenters. The van der Waals surface area contributed by atoms with E-state index in [0.717, 1.165) is 12.2 Å². The Bertz CT molecular complexity index is 1230. The lowest BCUT2D eigenvalue weighted by Crippen LogP contribution is -2.44. The smallest absolute Gasteiger partial charge is 0.256 e. The second kappa shape index (κ2) is 8.58. The van der Waals surface area contributed by atoms with Crippen LogP contribution in [0.2, 0.25) is 0 Å².